The Balaban J connectivity index is 2.73. The lowest BCUT2D eigenvalue weighted by atomic mass is 10.2. The third kappa shape index (κ3) is 2.18. The van der Waals surface area contributed by atoms with Gasteiger partial charge in [0, 0.05) is 20.3 Å². The maximum atomic E-state index is 9.04. The largest absolute Gasteiger partial charge is 0.316 e. The molecule has 0 fully saturated rings. The van der Waals surface area contributed by atoms with E-state index in [0.717, 1.165) is 31.6 Å². The van der Waals surface area contributed by atoms with Crippen molar-refractivity contribution in [2.75, 3.05) is 0 Å². The highest BCUT2D eigenvalue weighted by atomic mass is 79.9. The lowest BCUT2D eigenvalue weighted by molar-refractivity contribution is 0.957. The molecule has 1 aromatic heterocycles. The number of rotatable bonds is 1. The van der Waals surface area contributed by atoms with E-state index >= 15 is 0 Å². The van der Waals surface area contributed by atoms with E-state index in [-0.39, 0.29) is 0 Å². The van der Waals surface area contributed by atoms with Gasteiger partial charge in [-0.3, -0.25) is 0 Å². The molecular weight excluding hydrogens is 344 g/mol. The second kappa shape index (κ2) is 4.67. The molecule has 86 valence electrons. The van der Waals surface area contributed by atoms with Crippen molar-refractivity contribution in [3.05, 3.63) is 50.2 Å². The van der Waals surface area contributed by atoms with Gasteiger partial charge in [-0.1, -0.05) is 15.9 Å². The normalized spacial score (nSPS) is 10.3. The lowest BCUT2D eigenvalue weighted by Gasteiger charge is -2.12. The highest BCUT2D eigenvalue weighted by Gasteiger charge is 2.12. The van der Waals surface area contributed by atoms with Crippen LogP contribution in [-0.4, -0.2) is 4.57 Å². The van der Waals surface area contributed by atoms with Gasteiger partial charge in [0.25, 0.3) is 0 Å². The molecular formula is C13H10Br2N2. The Morgan fingerprint density at radius 3 is 2.47 bits per heavy atom. The Kier molecular flexibility index (Phi) is 3.41. The fourth-order valence-electron chi connectivity index (χ4n) is 1.90. The fraction of sp³-hybridized carbons (Fsp3) is 0.154. The van der Waals surface area contributed by atoms with Gasteiger partial charge in [-0.15, -0.1) is 0 Å². The summed E-state index contributed by atoms with van der Waals surface area (Å²) in [6.45, 7) is 3.96. The predicted molar refractivity (Wildman–Crippen MR) is 75.4 cm³/mol. The number of aryl methyl sites for hydroxylation is 1. The first-order valence-corrected chi connectivity index (χ1v) is 6.67. The molecule has 0 aliphatic rings. The third-order valence-corrected chi connectivity index (χ3v) is 3.86. The molecule has 0 amide bonds. The van der Waals surface area contributed by atoms with Crippen molar-refractivity contribution < 1.29 is 0 Å². The minimum Gasteiger partial charge on any atom is -0.316 e. The van der Waals surface area contributed by atoms with Crippen LogP contribution < -0.4 is 0 Å². The fourth-order valence-corrected chi connectivity index (χ4v) is 2.68. The molecule has 17 heavy (non-hydrogen) atoms. The van der Waals surface area contributed by atoms with Crippen LogP contribution in [0.5, 0.6) is 0 Å². The van der Waals surface area contributed by atoms with E-state index < -0.39 is 0 Å². The van der Waals surface area contributed by atoms with E-state index in [0.29, 0.717) is 0 Å². The van der Waals surface area contributed by atoms with Crippen LogP contribution in [0.15, 0.2) is 33.2 Å². The number of aromatic nitrogens is 1. The second-order valence-electron chi connectivity index (χ2n) is 3.83. The molecule has 0 aliphatic heterocycles. The quantitative estimate of drug-likeness (QED) is 0.742. The number of halogens is 2. The van der Waals surface area contributed by atoms with Gasteiger partial charge in [0.1, 0.15) is 6.07 Å². The van der Waals surface area contributed by atoms with Gasteiger partial charge in [0.2, 0.25) is 0 Å². The number of benzene rings is 1. The molecule has 0 saturated carbocycles. The Hall–Kier alpha value is -1.05. The molecule has 2 aromatic rings. The van der Waals surface area contributed by atoms with Crippen molar-refractivity contribution in [3.63, 3.8) is 0 Å². The average molecular weight is 354 g/mol. The van der Waals surface area contributed by atoms with Crippen molar-refractivity contribution in [2.45, 2.75) is 13.8 Å². The maximum absolute atomic E-state index is 9.04. The molecule has 0 unspecified atom stereocenters. The van der Waals surface area contributed by atoms with E-state index in [4.69, 9.17) is 5.26 Å². The van der Waals surface area contributed by atoms with Crippen LogP contribution in [0.3, 0.4) is 0 Å². The van der Waals surface area contributed by atoms with Gasteiger partial charge in [0.05, 0.1) is 11.3 Å². The van der Waals surface area contributed by atoms with Crippen molar-refractivity contribution in [1.29, 1.82) is 5.26 Å². The summed E-state index contributed by atoms with van der Waals surface area (Å²) in [5, 5.41) is 9.04. The Morgan fingerprint density at radius 1 is 1.18 bits per heavy atom. The second-order valence-corrected chi connectivity index (χ2v) is 5.60. The first-order valence-electron chi connectivity index (χ1n) is 5.09. The number of nitriles is 1. The minimum absolute atomic E-state index is 0.717. The average Bonchev–Trinajstić information content (AvgIpc) is 2.58. The zero-order valence-corrected chi connectivity index (χ0v) is 12.6. The third-order valence-electron chi connectivity index (χ3n) is 2.70. The van der Waals surface area contributed by atoms with Crippen LogP contribution in [0.25, 0.3) is 5.69 Å². The molecule has 0 aliphatic carbocycles. The molecule has 0 atom stereocenters. The number of hydrogen-bond acceptors (Lipinski definition) is 1. The number of hydrogen-bond donors (Lipinski definition) is 0. The molecule has 1 aromatic carbocycles. The van der Waals surface area contributed by atoms with Crippen molar-refractivity contribution in [2.24, 2.45) is 0 Å². The van der Waals surface area contributed by atoms with Gasteiger partial charge in [0.15, 0.2) is 0 Å². The summed E-state index contributed by atoms with van der Waals surface area (Å²) >= 11 is 7.01. The summed E-state index contributed by atoms with van der Waals surface area (Å²) in [7, 11) is 0. The van der Waals surface area contributed by atoms with Crippen LogP contribution in [0.2, 0.25) is 0 Å². The maximum Gasteiger partial charge on any atom is 0.101 e. The highest BCUT2D eigenvalue weighted by Crippen LogP contribution is 2.29. The van der Waals surface area contributed by atoms with Crippen molar-refractivity contribution >= 4 is 31.9 Å². The lowest BCUT2D eigenvalue weighted by Crippen LogP contribution is -2.00. The van der Waals surface area contributed by atoms with Gasteiger partial charge < -0.3 is 4.57 Å². The van der Waals surface area contributed by atoms with Crippen molar-refractivity contribution in [3.8, 4) is 11.8 Å². The highest BCUT2D eigenvalue weighted by molar-refractivity contribution is 9.11. The molecule has 4 heteroatoms. The van der Waals surface area contributed by atoms with E-state index in [2.05, 4.69) is 42.5 Å². The Bertz CT molecular complexity index is 621. The molecule has 2 rings (SSSR count). The Morgan fingerprint density at radius 2 is 1.88 bits per heavy atom. The molecule has 0 N–H and O–H groups in total. The number of nitrogens with zero attached hydrogens (tertiary/aromatic N) is 2. The SMILES string of the molecule is Cc1cc(C#N)c(C)n1-c1cc(Br)ccc1Br. The summed E-state index contributed by atoms with van der Waals surface area (Å²) in [6.07, 6.45) is 0. The zero-order valence-electron chi connectivity index (χ0n) is 9.46. The first-order chi connectivity index (χ1) is 8.04. The standard InChI is InChI=1S/C13H10Br2N2/c1-8-5-10(7-16)9(2)17(8)13-6-11(14)3-4-12(13)15/h3-6H,1-2H3. The monoisotopic (exact) mass is 352 g/mol. The zero-order chi connectivity index (χ0) is 12.6. The molecule has 0 saturated heterocycles. The van der Waals surface area contributed by atoms with E-state index in [1.165, 1.54) is 0 Å². The summed E-state index contributed by atoms with van der Waals surface area (Å²) in [5.41, 5.74) is 3.77. The van der Waals surface area contributed by atoms with E-state index in [1.54, 1.807) is 0 Å². The van der Waals surface area contributed by atoms with Gasteiger partial charge >= 0.3 is 0 Å². The predicted octanol–water partition coefficient (Wildman–Crippen LogP) is 4.49. The molecule has 0 spiro atoms. The van der Waals surface area contributed by atoms with Gasteiger partial charge in [-0.2, -0.15) is 5.26 Å². The summed E-state index contributed by atoms with van der Waals surface area (Å²) < 4.78 is 4.10. The summed E-state index contributed by atoms with van der Waals surface area (Å²) in [5.74, 6) is 0. The summed E-state index contributed by atoms with van der Waals surface area (Å²) in [6, 6.07) is 10.1. The van der Waals surface area contributed by atoms with E-state index in [9.17, 15) is 0 Å². The van der Waals surface area contributed by atoms with Crippen molar-refractivity contribution in [1.82, 2.24) is 4.57 Å². The van der Waals surface area contributed by atoms with Gasteiger partial charge in [-0.25, -0.2) is 0 Å². The Labute approximate surface area is 117 Å². The first kappa shape index (κ1) is 12.4. The molecule has 2 nitrogen and oxygen atoms in total. The minimum atomic E-state index is 0.717. The van der Waals surface area contributed by atoms with E-state index in [1.807, 2.05) is 38.1 Å². The van der Waals surface area contributed by atoms with Crippen LogP contribution in [-0.2, 0) is 0 Å². The van der Waals surface area contributed by atoms with Crippen LogP contribution in [0, 0.1) is 25.2 Å². The topological polar surface area (TPSA) is 28.7 Å². The molecule has 0 radical (unpaired) electrons. The summed E-state index contributed by atoms with van der Waals surface area (Å²) in [4.78, 5) is 0. The van der Waals surface area contributed by atoms with Gasteiger partial charge in [-0.05, 0) is 54.0 Å². The smallest absolute Gasteiger partial charge is 0.101 e. The van der Waals surface area contributed by atoms with Crippen LogP contribution in [0.4, 0.5) is 0 Å². The molecule has 1 heterocycles. The van der Waals surface area contributed by atoms with Crippen LogP contribution in [0.1, 0.15) is 17.0 Å². The molecule has 0 bridgehead atoms. The van der Waals surface area contributed by atoms with Crippen LogP contribution >= 0.6 is 31.9 Å².